The van der Waals surface area contributed by atoms with Crippen molar-refractivity contribution >= 4 is 9.84 Å². The minimum Gasteiger partial charge on any atom is -0.346 e. The van der Waals surface area contributed by atoms with Crippen LogP contribution < -0.4 is 0 Å². The molecule has 1 fully saturated rings. The fourth-order valence-corrected chi connectivity index (χ4v) is 4.43. The predicted molar refractivity (Wildman–Crippen MR) is 82.4 cm³/mol. The zero-order chi connectivity index (χ0) is 16.6. The molecule has 1 heterocycles. The van der Waals surface area contributed by atoms with Crippen molar-refractivity contribution in [3.05, 3.63) is 58.9 Å². The van der Waals surface area contributed by atoms with E-state index in [0.29, 0.717) is 18.8 Å². The van der Waals surface area contributed by atoms with Crippen LogP contribution in [-0.2, 0) is 19.3 Å². The van der Waals surface area contributed by atoms with Gasteiger partial charge in [-0.25, -0.2) is 12.8 Å². The zero-order valence-corrected chi connectivity index (χ0v) is 13.7. The minimum atomic E-state index is -3.88. The summed E-state index contributed by atoms with van der Waals surface area (Å²) < 4.78 is 51.0. The van der Waals surface area contributed by atoms with Crippen molar-refractivity contribution in [2.24, 2.45) is 0 Å². The zero-order valence-electron chi connectivity index (χ0n) is 12.9. The Kier molecular flexibility index (Phi) is 4.23. The van der Waals surface area contributed by atoms with Gasteiger partial charge >= 0.3 is 0 Å². The molecule has 0 unspecified atom stereocenters. The molecule has 0 spiro atoms. The SMILES string of the molecule is Cc1ccc(S(=O)(=O)c2cccc(F)c2C2OCCO2)c(C)c1. The quantitative estimate of drug-likeness (QED) is 0.863. The molecule has 0 saturated carbocycles. The van der Waals surface area contributed by atoms with Gasteiger partial charge in [0.1, 0.15) is 5.82 Å². The maximum atomic E-state index is 14.3. The van der Waals surface area contributed by atoms with Crippen molar-refractivity contribution in [3.63, 3.8) is 0 Å². The predicted octanol–water partition coefficient (Wildman–Crippen LogP) is 3.32. The second kappa shape index (κ2) is 6.03. The van der Waals surface area contributed by atoms with Crippen LogP contribution in [0.15, 0.2) is 46.2 Å². The van der Waals surface area contributed by atoms with E-state index in [-0.39, 0.29) is 15.4 Å². The first-order valence-corrected chi connectivity index (χ1v) is 8.73. The van der Waals surface area contributed by atoms with Gasteiger partial charge in [-0.05, 0) is 37.6 Å². The molecule has 0 aromatic heterocycles. The molecule has 1 aliphatic heterocycles. The Morgan fingerprint density at radius 2 is 1.74 bits per heavy atom. The molecule has 0 amide bonds. The van der Waals surface area contributed by atoms with Crippen molar-refractivity contribution in [1.82, 2.24) is 0 Å². The largest absolute Gasteiger partial charge is 0.346 e. The molecule has 2 aromatic carbocycles. The second-order valence-electron chi connectivity index (χ2n) is 5.50. The van der Waals surface area contributed by atoms with E-state index in [4.69, 9.17) is 9.47 Å². The van der Waals surface area contributed by atoms with Crippen LogP contribution in [0.2, 0.25) is 0 Å². The van der Waals surface area contributed by atoms with Gasteiger partial charge in [0.2, 0.25) is 9.84 Å². The molecule has 0 N–H and O–H groups in total. The molecular formula is C17H17FO4S. The molecule has 1 saturated heterocycles. The molecule has 23 heavy (non-hydrogen) atoms. The van der Waals surface area contributed by atoms with Crippen molar-refractivity contribution in [3.8, 4) is 0 Å². The van der Waals surface area contributed by atoms with Gasteiger partial charge < -0.3 is 9.47 Å². The molecule has 0 aliphatic carbocycles. The summed E-state index contributed by atoms with van der Waals surface area (Å²) in [5, 5.41) is 0. The van der Waals surface area contributed by atoms with Crippen molar-refractivity contribution in [2.75, 3.05) is 13.2 Å². The summed E-state index contributed by atoms with van der Waals surface area (Å²) in [4.78, 5) is 0.0456. The lowest BCUT2D eigenvalue weighted by Gasteiger charge is -2.17. The van der Waals surface area contributed by atoms with Crippen LogP contribution in [0, 0.1) is 19.7 Å². The van der Waals surface area contributed by atoms with E-state index < -0.39 is 21.9 Å². The summed E-state index contributed by atoms with van der Waals surface area (Å²) in [7, 11) is -3.88. The number of rotatable bonds is 3. The maximum absolute atomic E-state index is 14.3. The normalized spacial score (nSPS) is 16.0. The third-order valence-corrected chi connectivity index (χ3v) is 5.75. The number of halogens is 1. The van der Waals surface area contributed by atoms with Gasteiger partial charge in [0.25, 0.3) is 0 Å². The van der Waals surface area contributed by atoms with E-state index in [2.05, 4.69) is 0 Å². The molecule has 6 heteroatoms. The molecule has 3 rings (SSSR count). The van der Waals surface area contributed by atoms with E-state index in [0.717, 1.165) is 5.56 Å². The van der Waals surface area contributed by atoms with Crippen molar-refractivity contribution < 1.29 is 22.3 Å². The van der Waals surface area contributed by atoms with Crippen molar-refractivity contribution in [1.29, 1.82) is 0 Å². The first-order chi connectivity index (χ1) is 10.9. The lowest BCUT2D eigenvalue weighted by Crippen LogP contribution is -2.12. The molecule has 4 nitrogen and oxygen atoms in total. The Bertz CT molecular complexity index is 840. The monoisotopic (exact) mass is 336 g/mol. The molecule has 0 atom stereocenters. The Morgan fingerprint density at radius 3 is 2.39 bits per heavy atom. The number of ether oxygens (including phenoxy) is 2. The Labute approximate surface area is 134 Å². The van der Waals surface area contributed by atoms with Crippen LogP contribution in [0.5, 0.6) is 0 Å². The Hall–Kier alpha value is -1.76. The molecule has 0 radical (unpaired) electrons. The van der Waals surface area contributed by atoms with E-state index >= 15 is 0 Å². The fourth-order valence-electron chi connectivity index (χ4n) is 2.72. The summed E-state index contributed by atoms with van der Waals surface area (Å²) in [5.74, 6) is -0.650. The number of sulfone groups is 1. The van der Waals surface area contributed by atoms with E-state index in [1.165, 1.54) is 18.2 Å². The summed E-state index contributed by atoms with van der Waals surface area (Å²) in [5.41, 5.74) is 1.52. The summed E-state index contributed by atoms with van der Waals surface area (Å²) in [6, 6.07) is 9.03. The minimum absolute atomic E-state index is 0.0648. The van der Waals surface area contributed by atoms with Gasteiger partial charge in [-0.1, -0.05) is 23.8 Å². The van der Waals surface area contributed by atoms with Gasteiger partial charge in [-0.3, -0.25) is 0 Å². The first-order valence-electron chi connectivity index (χ1n) is 7.25. The maximum Gasteiger partial charge on any atom is 0.207 e. The van der Waals surface area contributed by atoms with Crippen LogP contribution in [0.1, 0.15) is 23.0 Å². The van der Waals surface area contributed by atoms with Crippen LogP contribution in [0.3, 0.4) is 0 Å². The van der Waals surface area contributed by atoms with E-state index in [1.54, 1.807) is 25.1 Å². The van der Waals surface area contributed by atoms with Gasteiger partial charge in [-0.15, -0.1) is 0 Å². The third kappa shape index (κ3) is 2.89. The number of aryl methyl sites for hydroxylation is 2. The van der Waals surface area contributed by atoms with E-state index in [9.17, 15) is 12.8 Å². The smallest absolute Gasteiger partial charge is 0.207 e. The second-order valence-corrected chi connectivity index (χ2v) is 7.38. The van der Waals surface area contributed by atoms with E-state index in [1.807, 2.05) is 6.92 Å². The number of benzene rings is 2. The van der Waals surface area contributed by atoms with Gasteiger partial charge in [-0.2, -0.15) is 0 Å². The Balaban J connectivity index is 2.19. The highest BCUT2D eigenvalue weighted by molar-refractivity contribution is 7.91. The van der Waals surface area contributed by atoms with Crippen LogP contribution in [0.4, 0.5) is 4.39 Å². The average molecular weight is 336 g/mol. The first kappa shape index (κ1) is 16.1. The summed E-state index contributed by atoms with van der Waals surface area (Å²) in [6.07, 6.45) is -0.994. The lowest BCUT2D eigenvalue weighted by atomic mass is 10.2. The standard InChI is InChI=1S/C17H17FO4S/c1-11-6-7-14(12(2)10-11)23(19,20)15-5-3-4-13(18)16(15)17-21-8-9-22-17/h3-7,10,17H,8-9H2,1-2H3. The van der Waals surface area contributed by atoms with Gasteiger partial charge in [0.15, 0.2) is 6.29 Å². The van der Waals surface area contributed by atoms with Crippen molar-refractivity contribution in [2.45, 2.75) is 29.9 Å². The highest BCUT2D eigenvalue weighted by atomic mass is 32.2. The van der Waals surface area contributed by atoms with Crippen LogP contribution in [-0.4, -0.2) is 21.6 Å². The molecule has 2 aromatic rings. The highest BCUT2D eigenvalue weighted by Crippen LogP contribution is 2.35. The third-order valence-electron chi connectivity index (χ3n) is 3.78. The lowest BCUT2D eigenvalue weighted by molar-refractivity contribution is -0.0486. The molecular weight excluding hydrogens is 319 g/mol. The highest BCUT2D eigenvalue weighted by Gasteiger charge is 2.31. The molecule has 1 aliphatic rings. The Morgan fingerprint density at radius 1 is 1.04 bits per heavy atom. The van der Waals surface area contributed by atoms with Gasteiger partial charge in [0.05, 0.1) is 28.6 Å². The van der Waals surface area contributed by atoms with Crippen LogP contribution >= 0.6 is 0 Å². The summed E-state index contributed by atoms with van der Waals surface area (Å²) >= 11 is 0. The summed E-state index contributed by atoms with van der Waals surface area (Å²) in [6.45, 7) is 4.22. The molecule has 122 valence electrons. The molecule has 0 bridgehead atoms. The van der Waals surface area contributed by atoms with Gasteiger partial charge in [0, 0.05) is 0 Å². The number of hydrogen-bond acceptors (Lipinski definition) is 4. The fraction of sp³-hybridized carbons (Fsp3) is 0.294. The average Bonchev–Trinajstić information content (AvgIpc) is 3.00. The number of hydrogen-bond donors (Lipinski definition) is 0. The van der Waals surface area contributed by atoms with Crippen LogP contribution in [0.25, 0.3) is 0 Å². The topological polar surface area (TPSA) is 52.6 Å².